The standard InChI is InChI=1S/C16H21BrN2O3S/c1-15(2,3)16-7-6-9(19(16)14(21)22)8-11(16)18-13(20)10-4-5-12(17)23-10/h4-5,9,11H,6-8H2,1-3H3,(H,18,20)(H,21,22)/t9-,11-,16-/m1/s1. The zero-order chi connectivity index (χ0) is 17.0. The van der Waals surface area contributed by atoms with Crippen LogP contribution in [-0.4, -0.2) is 39.6 Å². The zero-order valence-corrected chi connectivity index (χ0v) is 15.8. The van der Waals surface area contributed by atoms with Crippen molar-refractivity contribution >= 4 is 39.3 Å². The fourth-order valence-corrected chi connectivity index (χ4v) is 5.71. The summed E-state index contributed by atoms with van der Waals surface area (Å²) in [7, 11) is 0. The van der Waals surface area contributed by atoms with E-state index in [9.17, 15) is 14.7 Å². The Balaban J connectivity index is 1.90. The van der Waals surface area contributed by atoms with Crippen molar-refractivity contribution < 1.29 is 14.7 Å². The second kappa shape index (κ2) is 5.48. The Hall–Kier alpha value is -1.08. The number of nitrogens with zero attached hydrogens (tertiary/aromatic N) is 1. The predicted molar refractivity (Wildman–Crippen MR) is 93.0 cm³/mol. The lowest BCUT2D eigenvalue weighted by Gasteiger charge is -2.48. The highest BCUT2D eigenvalue weighted by molar-refractivity contribution is 9.11. The van der Waals surface area contributed by atoms with Crippen molar-refractivity contribution in [3.8, 4) is 0 Å². The maximum atomic E-state index is 12.5. The largest absolute Gasteiger partial charge is 0.465 e. The van der Waals surface area contributed by atoms with E-state index in [1.54, 1.807) is 11.0 Å². The number of nitrogens with one attached hydrogen (secondary N) is 1. The number of hydrogen-bond acceptors (Lipinski definition) is 3. The molecule has 7 heteroatoms. The van der Waals surface area contributed by atoms with Crippen molar-refractivity contribution in [2.75, 3.05) is 0 Å². The molecule has 0 radical (unpaired) electrons. The molecule has 0 aliphatic carbocycles. The normalized spacial score (nSPS) is 29.8. The van der Waals surface area contributed by atoms with Crippen LogP contribution < -0.4 is 5.32 Å². The molecular formula is C16H21BrN2O3S. The summed E-state index contributed by atoms with van der Waals surface area (Å²) in [6, 6.07) is 3.50. The molecule has 2 aliphatic rings. The Morgan fingerprint density at radius 1 is 1.43 bits per heavy atom. The van der Waals surface area contributed by atoms with E-state index in [4.69, 9.17) is 0 Å². The Labute approximate surface area is 148 Å². The molecule has 2 aliphatic heterocycles. The van der Waals surface area contributed by atoms with E-state index in [2.05, 4.69) is 42.0 Å². The molecule has 0 unspecified atom stereocenters. The highest BCUT2D eigenvalue weighted by Gasteiger charge is 2.65. The number of amides is 2. The first-order valence-corrected chi connectivity index (χ1v) is 9.36. The van der Waals surface area contributed by atoms with Crippen LogP contribution in [0.1, 0.15) is 49.7 Å². The number of hydrogen-bond donors (Lipinski definition) is 2. The summed E-state index contributed by atoms with van der Waals surface area (Å²) in [6.07, 6.45) is 1.49. The van der Waals surface area contributed by atoms with Crippen LogP contribution in [0.15, 0.2) is 15.9 Å². The molecular weight excluding hydrogens is 380 g/mol. The average molecular weight is 401 g/mol. The van der Waals surface area contributed by atoms with Crippen LogP contribution in [-0.2, 0) is 0 Å². The van der Waals surface area contributed by atoms with Gasteiger partial charge in [0, 0.05) is 6.04 Å². The van der Waals surface area contributed by atoms with Crippen molar-refractivity contribution in [1.29, 1.82) is 0 Å². The lowest BCUT2D eigenvalue weighted by Crippen LogP contribution is -2.63. The van der Waals surface area contributed by atoms with Crippen LogP contribution in [0.5, 0.6) is 0 Å². The first kappa shape index (κ1) is 16.8. The molecule has 2 bridgehead atoms. The van der Waals surface area contributed by atoms with Gasteiger partial charge in [-0.05, 0) is 52.7 Å². The van der Waals surface area contributed by atoms with E-state index in [1.165, 1.54) is 11.3 Å². The second-order valence-electron chi connectivity index (χ2n) is 7.38. The van der Waals surface area contributed by atoms with Gasteiger partial charge in [0.25, 0.3) is 5.91 Å². The number of carbonyl (C=O) groups is 2. The number of rotatable bonds is 2. The topological polar surface area (TPSA) is 69.6 Å². The number of thiophene rings is 1. The molecule has 126 valence electrons. The van der Waals surface area contributed by atoms with Crippen LogP contribution >= 0.6 is 27.3 Å². The molecule has 3 heterocycles. The molecule has 2 amide bonds. The summed E-state index contributed by atoms with van der Waals surface area (Å²) < 4.78 is 0.910. The van der Waals surface area contributed by atoms with Crippen LogP contribution in [0.2, 0.25) is 0 Å². The average Bonchev–Trinajstić information content (AvgIpc) is 3.09. The van der Waals surface area contributed by atoms with Gasteiger partial charge in [-0.2, -0.15) is 0 Å². The van der Waals surface area contributed by atoms with Gasteiger partial charge in [0.15, 0.2) is 0 Å². The van der Waals surface area contributed by atoms with Gasteiger partial charge in [-0.25, -0.2) is 4.79 Å². The Kier molecular flexibility index (Phi) is 3.99. The van der Waals surface area contributed by atoms with E-state index in [-0.39, 0.29) is 23.4 Å². The van der Waals surface area contributed by atoms with E-state index in [0.29, 0.717) is 11.3 Å². The van der Waals surface area contributed by atoms with Crippen LogP contribution in [0.25, 0.3) is 0 Å². The van der Waals surface area contributed by atoms with Crippen molar-refractivity contribution in [2.24, 2.45) is 5.41 Å². The van der Waals surface area contributed by atoms with E-state index in [1.807, 2.05) is 6.07 Å². The van der Waals surface area contributed by atoms with E-state index >= 15 is 0 Å². The van der Waals surface area contributed by atoms with Crippen LogP contribution in [0.4, 0.5) is 4.79 Å². The molecule has 1 aromatic rings. The van der Waals surface area contributed by atoms with Gasteiger partial charge >= 0.3 is 6.09 Å². The smallest absolute Gasteiger partial charge is 0.408 e. The number of halogens is 1. The highest BCUT2D eigenvalue weighted by Crippen LogP contribution is 2.55. The number of fused-ring (bicyclic) bond motifs is 2. The van der Waals surface area contributed by atoms with Crippen molar-refractivity contribution in [3.63, 3.8) is 0 Å². The summed E-state index contributed by atoms with van der Waals surface area (Å²) in [5, 5.41) is 12.8. The molecule has 3 rings (SSSR count). The van der Waals surface area contributed by atoms with Gasteiger partial charge in [-0.15, -0.1) is 11.3 Å². The first-order valence-electron chi connectivity index (χ1n) is 7.75. The zero-order valence-electron chi connectivity index (χ0n) is 13.4. The minimum atomic E-state index is -0.877. The minimum Gasteiger partial charge on any atom is -0.465 e. The van der Waals surface area contributed by atoms with Crippen molar-refractivity contribution in [3.05, 3.63) is 20.8 Å². The van der Waals surface area contributed by atoms with Crippen LogP contribution in [0.3, 0.4) is 0 Å². The maximum absolute atomic E-state index is 12.5. The summed E-state index contributed by atoms with van der Waals surface area (Å²) >= 11 is 4.76. The second-order valence-corrected chi connectivity index (χ2v) is 9.85. The fraction of sp³-hybridized carbons (Fsp3) is 0.625. The Morgan fingerprint density at radius 3 is 2.65 bits per heavy atom. The molecule has 3 atom stereocenters. The predicted octanol–water partition coefficient (Wildman–Crippen LogP) is 3.94. The fourth-order valence-electron chi connectivity index (χ4n) is 4.42. The van der Waals surface area contributed by atoms with Gasteiger partial charge in [-0.1, -0.05) is 20.8 Å². The Morgan fingerprint density at radius 2 is 2.13 bits per heavy atom. The Bertz CT molecular complexity index is 654. The van der Waals surface area contributed by atoms with Gasteiger partial charge in [0.1, 0.15) is 0 Å². The molecule has 0 aromatic carbocycles. The van der Waals surface area contributed by atoms with Gasteiger partial charge in [0.05, 0.1) is 20.2 Å². The molecule has 1 aromatic heterocycles. The quantitative estimate of drug-likeness (QED) is 0.789. The van der Waals surface area contributed by atoms with Crippen LogP contribution in [0, 0.1) is 5.41 Å². The van der Waals surface area contributed by atoms with Gasteiger partial charge in [0.2, 0.25) is 0 Å². The third-order valence-corrected chi connectivity index (χ3v) is 6.97. The number of carboxylic acid groups (broad SMARTS) is 1. The monoisotopic (exact) mass is 400 g/mol. The molecule has 2 N–H and O–H groups in total. The van der Waals surface area contributed by atoms with E-state index < -0.39 is 11.6 Å². The SMILES string of the molecule is CC(C)(C)[C@@]12CC[C@H](C[C@H]1NC(=O)c1ccc(Br)s1)N2C(=O)O. The van der Waals surface area contributed by atoms with Gasteiger partial charge in [-0.3, -0.25) is 9.69 Å². The molecule has 0 saturated carbocycles. The van der Waals surface area contributed by atoms with Gasteiger partial charge < -0.3 is 10.4 Å². The minimum absolute atomic E-state index is 0.00657. The molecule has 5 nitrogen and oxygen atoms in total. The lowest BCUT2D eigenvalue weighted by atomic mass is 9.66. The third-order valence-electron chi connectivity index (χ3n) is 5.35. The molecule has 23 heavy (non-hydrogen) atoms. The summed E-state index contributed by atoms with van der Waals surface area (Å²) in [5.41, 5.74) is -0.779. The summed E-state index contributed by atoms with van der Waals surface area (Å²) in [5.74, 6) is -0.118. The molecule has 0 spiro atoms. The lowest BCUT2D eigenvalue weighted by molar-refractivity contribution is 0.0261. The molecule has 2 saturated heterocycles. The first-order chi connectivity index (χ1) is 10.7. The molecule has 2 fully saturated rings. The van der Waals surface area contributed by atoms with Crippen molar-refractivity contribution in [1.82, 2.24) is 10.2 Å². The summed E-state index contributed by atoms with van der Waals surface area (Å²) in [4.78, 5) is 26.6. The summed E-state index contributed by atoms with van der Waals surface area (Å²) in [6.45, 7) is 6.20. The number of carbonyl (C=O) groups excluding carboxylic acids is 1. The third kappa shape index (κ3) is 2.48. The van der Waals surface area contributed by atoms with Crippen molar-refractivity contribution in [2.45, 2.75) is 57.7 Å². The van der Waals surface area contributed by atoms with E-state index in [0.717, 1.165) is 16.6 Å². The maximum Gasteiger partial charge on any atom is 0.408 e. The highest BCUT2D eigenvalue weighted by atomic mass is 79.9.